The van der Waals surface area contributed by atoms with Gasteiger partial charge >= 0.3 is 6.18 Å². The highest BCUT2D eigenvalue weighted by atomic mass is 19.4. The maximum atomic E-state index is 12.1. The lowest BCUT2D eigenvalue weighted by molar-refractivity contribution is -0.142. The summed E-state index contributed by atoms with van der Waals surface area (Å²) in [4.78, 5) is 5.29. The number of nitrogens with two attached hydrogens (primary N) is 1. The Hall–Kier alpha value is -0.980. The smallest absolute Gasteiger partial charge is 0.370 e. The van der Waals surface area contributed by atoms with Crippen LogP contribution in [0.15, 0.2) is 4.99 Å². The highest BCUT2D eigenvalue weighted by Gasteiger charge is 2.28. The van der Waals surface area contributed by atoms with Gasteiger partial charge in [-0.05, 0) is 19.9 Å². The molecule has 0 aliphatic heterocycles. The lowest BCUT2D eigenvalue weighted by Crippen LogP contribution is -2.40. The third-order valence-corrected chi connectivity index (χ3v) is 3.42. The largest absolute Gasteiger partial charge is 0.401 e. The second-order valence-corrected chi connectivity index (χ2v) is 5.45. The van der Waals surface area contributed by atoms with Crippen LogP contribution in [0.5, 0.6) is 0 Å². The van der Waals surface area contributed by atoms with Crippen molar-refractivity contribution in [1.82, 2.24) is 10.2 Å². The molecule has 7 heteroatoms. The van der Waals surface area contributed by atoms with Gasteiger partial charge in [-0.15, -0.1) is 0 Å². The number of hydrogen-bond acceptors (Lipinski definition) is 2. The Bertz CT molecular complexity index is 296. The standard InChI is InChI=1S/C13H25F3N4/c1-20(10-13(14,15)16)9-8-18-12(17)19-11-6-4-2-3-5-7-11/h11H,2-10H2,1H3,(H3,17,18,19). The molecule has 1 saturated carbocycles. The van der Waals surface area contributed by atoms with E-state index < -0.39 is 12.7 Å². The van der Waals surface area contributed by atoms with Crippen LogP contribution in [-0.2, 0) is 0 Å². The van der Waals surface area contributed by atoms with Gasteiger partial charge in [0, 0.05) is 12.6 Å². The molecule has 1 aliphatic rings. The zero-order valence-electron chi connectivity index (χ0n) is 12.0. The van der Waals surface area contributed by atoms with Gasteiger partial charge in [0.25, 0.3) is 0 Å². The first-order chi connectivity index (χ1) is 9.37. The predicted molar refractivity (Wildman–Crippen MR) is 74.7 cm³/mol. The van der Waals surface area contributed by atoms with Gasteiger partial charge < -0.3 is 11.1 Å². The predicted octanol–water partition coefficient (Wildman–Crippen LogP) is 2.11. The summed E-state index contributed by atoms with van der Waals surface area (Å²) >= 11 is 0. The average molecular weight is 294 g/mol. The van der Waals surface area contributed by atoms with E-state index in [0.29, 0.717) is 12.0 Å². The van der Waals surface area contributed by atoms with Gasteiger partial charge in [-0.3, -0.25) is 9.89 Å². The Labute approximate surface area is 118 Å². The molecule has 0 bridgehead atoms. The number of rotatable bonds is 5. The molecule has 0 aromatic carbocycles. The van der Waals surface area contributed by atoms with Gasteiger partial charge in [-0.2, -0.15) is 13.2 Å². The molecule has 118 valence electrons. The van der Waals surface area contributed by atoms with E-state index in [4.69, 9.17) is 5.73 Å². The molecule has 0 heterocycles. The first-order valence-corrected chi connectivity index (χ1v) is 7.18. The summed E-state index contributed by atoms with van der Waals surface area (Å²) in [6.45, 7) is -0.400. The summed E-state index contributed by atoms with van der Waals surface area (Å²) in [6.07, 6.45) is 2.92. The number of hydrogen-bond donors (Lipinski definition) is 2. The van der Waals surface area contributed by atoms with E-state index in [0.717, 1.165) is 12.8 Å². The number of alkyl halides is 3. The molecule has 0 unspecified atom stereocenters. The van der Waals surface area contributed by atoms with E-state index in [9.17, 15) is 13.2 Å². The number of nitrogens with one attached hydrogen (secondary N) is 1. The van der Waals surface area contributed by atoms with Gasteiger partial charge in [-0.25, -0.2) is 0 Å². The van der Waals surface area contributed by atoms with Crippen LogP contribution < -0.4 is 11.1 Å². The van der Waals surface area contributed by atoms with E-state index in [1.165, 1.54) is 37.6 Å². The van der Waals surface area contributed by atoms with E-state index in [1.807, 2.05) is 0 Å². The quantitative estimate of drug-likeness (QED) is 0.464. The van der Waals surface area contributed by atoms with Crippen molar-refractivity contribution < 1.29 is 13.2 Å². The molecule has 1 aliphatic carbocycles. The number of guanidine groups is 1. The second-order valence-electron chi connectivity index (χ2n) is 5.45. The molecule has 0 aromatic rings. The van der Waals surface area contributed by atoms with Crippen molar-refractivity contribution in [3.8, 4) is 0 Å². The number of nitrogens with zero attached hydrogens (tertiary/aromatic N) is 2. The molecule has 0 amide bonds. The topological polar surface area (TPSA) is 53.6 Å². The Morgan fingerprint density at radius 3 is 2.40 bits per heavy atom. The Morgan fingerprint density at radius 1 is 1.25 bits per heavy atom. The fraction of sp³-hybridized carbons (Fsp3) is 0.923. The van der Waals surface area contributed by atoms with E-state index in [1.54, 1.807) is 0 Å². The monoisotopic (exact) mass is 294 g/mol. The third-order valence-electron chi connectivity index (χ3n) is 3.42. The van der Waals surface area contributed by atoms with E-state index >= 15 is 0 Å². The third kappa shape index (κ3) is 8.24. The maximum Gasteiger partial charge on any atom is 0.401 e. The zero-order chi connectivity index (χ0) is 15.0. The Balaban J connectivity index is 2.23. The van der Waals surface area contributed by atoms with Crippen LogP contribution in [0, 0.1) is 0 Å². The summed E-state index contributed by atoms with van der Waals surface area (Å²) in [6, 6.07) is 0.356. The van der Waals surface area contributed by atoms with Gasteiger partial charge in [0.1, 0.15) is 0 Å². The van der Waals surface area contributed by atoms with Crippen molar-refractivity contribution in [2.75, 3.05) is 26.7 Å². The van der Waals surface area contributed by atoms with Crippen LogP contribution in [0.2, 0.25) is 0 Å². The maximum absolute atomic E-state index is 12.1. The van der Waals surface area contributed by atoms with Crippen LogP contribution in [0.4, 0.5) is 13.2 Å². The fourth-order valence-corrected chi connectivity index (χ4v) is 2.40. The van der Waals surface area contributed by atoms with Crippen molar-refractivity contribution in [1.29, 1.82) is 0 Å². The molecule has 0 saturated heterocycles. The first kappa shape index (κ1) is 17.1. The first-order valence-electron chi connectivity index (χ1n) is 7.18. The lowest BCUT2D eigenvalue weighted by atomic mass is 10.1. The van der Waals surface area contributed by atoms with Crippen LogP contribution in [0.1, 0.15) is 38.5 Å². The van der Waals surface area contributed by atoms with E-state index in [-0.39, 0.29) is 13.1 Å². The SMILES string of the molecule is CN(CCN=C(N)NC1CCCCCC1)CC(F)(F)F. The molecule has 3 N–H and O–H groups in total. The fourth-order valence-electron chi connectivity index (χ4n) is 2.40. The normalized spacial score (nSPS) is 19.1. The van der Waals surface area contributed by atoms with Crippen molar-refractivity contribution >= 4 is 5.96 Å². The highest BCUT2D eigenvalue weighted by molar-refractivity contribution is 5.78. The molecule has 0 atom stereocenters. The second kappa shape index (κ2) is 8.34. The van der Waals surface area contributed by atoms with Crippen molar-refractivity contribution in [3.05, 3.63) is 0 Å². The highest BCUT2D eigenvalue weighted by Crippen LogP contribution is 2.17. The molecule has 1 fully saturated rings. The van der Waals surface area contributed by atoms with Crippen LogP contribution in [0.25, 0.3) is 0 Å². The van der Waals surface area contributed by atoms with E-state index in [2.05, 4.69) is 10.3 Å². The van der Waals surface area contributed by atoms with Crippen molar-refractivity contribution in [2.45, 2.75) is 50.7 Å². The minimum atomic E-state index is -4.16. The summed E-state index contributed by atoms with van der Waals surface area (Å²) in [5.74, 6) is 0.345. The van der Waals surface area contributed by atoms with Crippen LogP contribution >= 0.6 is 0 Å². The van der Waals surface area contributed by atoms with Crippen molar-refractivity contribution in [2.24, 2.45) is 10.7 Å². The summed E-state index contributed by atoms with van der Waals surface area (Å²) < 4.78 is 36.4. The average Bonchev–Trinajstić information content (AvgIpc) is 2.55. The van der Waals surface area contributed by atoms with Gasteiger partial charge in [0.05, 0.1) is 13.1 Å². The molecule has 20 heavy (non-hydrogen) atoms. The number of halogens is 3. The molecule has 0 aromatic heterocycles. The van der Waals surface area contributed by atoms with Crippen LogP contribution in [0.3, 0.4) is 0 Å². The number of likely N-dealkylation sites (N-methyl/N-ethyl adjacent to an activating group) is 1. The molecular weight excluding hydrogens is 269 g/mol. The van der Waals surface area contributed by atoms with Crippen LogP contribution in [-0.4, -0.2) is 49.8 Å². The molecule has 0 radical (unpaired) electrons. The molecule has 4 nitrogen and oxygen atoms in total. The van der Waals surface area contributed by atoms with Gasteiger partial charge in [0.15, 0.2) is 5.96 Å². The van der Waals surface area contributed by atoms with Crippen molar-refractivity contribution in [3.63, 3.8) is 0 Å². The van der Waals surface area contributed by atoms with Gasteiger partial charge in [-0.1, -0.05) is 25.7 Å². The molecule has 1 rings (SSSR count). The molecule has 0 spiro atoms. The minimum absolute atomic E-state index is 0.243. The summed E-state index contributed by atoms with van der Waals surface area (Å²) in [5.41, 5.74) is 5.77. The van der Waals surface area contributed by atoms with Gasteiger partial charge in [0.2, 0.25) is 0 Å². The molecular formula is C13H25F3N4. The minimum Gasteiger partial charge on any atom is -0.370 e. The Kier molecular flexibility index (Phi) is 7.12. The summed E-state index contributed by atoms with van der Waals surface area (Å²) in [5, 5.41) is 3.17. The summed E-state index contributed by atoms with van der Waals surface area (Å²) in [7, 11) is 1.43. The Morgan fingerprint density at radius 2 is 1.85 bits per heavy atom. The zero-order valence-corrected chi connectivity index (χ0v) is 12.0. The lowest BCUT2D eigenvalue weighted by Gasteiger charge is -2.18. The number of aliphatic imine (C=N–C) groups is 1.